The maximum atomic E-state index is 10.7. The Bertz CT molecular complexity index is 252. The van der Waals surface area contributed by atoms with Crippen molar-refractivity contribution in [1.82, 2.24) is 0 Å². The van der Waals surface area contributed by atoms with Crippen molar-refractivity contribution in [2.24, 2.45) is 11.8 Å². The third-order valence-electron chi connectivity index (χ3n) is 2.61. The van der Waals surface area contributed by atoms with Crippen molar-refractivity contribution in [1.29, 1.82) is 0 Å². The van der Waals surface area contributed by atoms with Crippen molar-refractivity contribution in [3.63, 3.8) is 0 Å². The normalized spacial score (nSPS) is 30.5. The number of hydrogen-bond acceptors (Lipinski definition) is 4. The highest BCUT2D eigenvalue weighted by Gasteiger charge is 2.37. The van der Waals surface area contributed by atoms with E-state index in [9.17, 15) is 14.4 Å². The molecule has 0 saturated heterocycles. The van der Waals surface area contributed by atoms with Crippen LogP contribution in [0.15, 0.2) is 0 Å². The summed E-state index contributed by atoms with van der Waals surface area (Å²) in [5.41, 5.74) is 0. The first-order valence-corrected chi connectivity index (χ1v) is 4.59. The van der Waals surface area contributed by atoms with Gasteiger partial charge in [0, 0.05) is 0 Å². The molecular weight excluding hydrogens is 204 g/mol. The van der Waals surface area contributed by atoms with E-state index in [4.69, 9.17) is 10.2 Å². The molecular formula is C9H12O6. The van der Waals surface area contributed by atoms with Gasteiger partial charge >= 0.3 is 11.9 Å². The lowest BCUT2D eigenvalue weighted by molar-refractivity contribution is -0.155. The average molecular weight is 216 g/mol. The summed E-state index contributed by atoms with van der Waals surface area (Å²) in [7, 11) is 0. The van der Waals surface area contributed by atoms with Crippen molar-refractivity contribution in [3.8, 4) is 0 Å². The Balaban J connectivity index is 2.67. The number of carboxylic acid groups (broad SMARTS) is 2. The number of carbonyl (C=O) groups excluding carboxylic acids is 1. The summed E-state index contributed by atoms with van der Waals surface area (Å²) in [4.78, 5) is 31.6. The molecule has 2 N–H and O–H groups in total. The van der Waals surface area contributed by atoms with E-state index >= 15 is 0 Å². The van der Waals surface area contributed by atoms with Crippen LogP contribution in [0.3, 0.4) is 0 Å². The van der Waals surface area contributed by atoms with Crippen molar-refractivity contribution < 1.29 is 29.3 Å². The molecule has 0 heterocycles. The van der Waals surface area contributed by atoms with Crippen LogP contribution in [-0.4, -0.2) is 34.7 Å². The lowest BCUT2D eigenvalue weighted by Crippen LogP contribution is -2.35. The van der Waals surface area contributed by atoms with Crippen LogP contribution in [0.2, 0.25) is 0 Å². The van der Waals surface area contributed by atoms with Gasteiger partial charge in [-0.25, -0.2) is 0 Å². The average Bonchev–Trinajstić information content (AvgIpc) is 2.17. The second kappa shape index (κ2) is 4.77. The standard InChI is InChI=1S/C9H12O6/c10-4-15-7-2-5(8(11)12)1-6(3-7)9(13)14/h4-7H,1-3H2,(H,11,12)(H,13,14)/t5-,6+,7-. The molecule has 1 fully saturated rings. The van der Waals surface area contributed by atoms with Gasteiger partial charge in [0.2, 0.25) is 0 Å². The highest BCUT2D eigenvalue weighted by Crippen LogP contribution is 2.31. The summed E-state index contributed by atoms with van der Waals surface area (Å²) in [6.07, 6.45) is -0.113. The molecule has 0 aromatic heterocycles. The molecule has 1 rings (SSSR count). The van der Waals surface area contributed by atoms with Gasteiger partial charge in [-0.2, -0.15) is 0 Å². The third-order valence-corrected chi connectivity index (χ3v) is 2.61. The SMILES string of the molecule is O=CO[C@H]1C[C@@H](C(=O)O)C[C@@H](C(=O)O)C1. The maximum absolute atomic E-state index is 10.7. The number of carboxylic acids is 2. The first kappa shape index (κ1) is 11.5. The Morgan fingerprint density at radius 3 is 1.87 bits per heavy atom. The van der Waals surface area contributed by atoms with Crippen LogP contribution < -0.4 is 0 Å². The number of hydrogen-bond donors (Lipinski definition) is 2. The van der Waals surface area contributed by atoms with E-state index in [2.05, 4.69) is 4.74 Å². The molecule has 0 amide bonds. The van der Waals surface area contributed by atoms with Gasteiger partial charge in [-0.15, -0.1) is 0 Å². The molecule has 0 bridgehead atoms. The van der Waals surface area contributed by atoms with Crippen LogP contribution >= 0.6 is 0 Å². The molecule has 0 aromatic carbocycles. The second-order valence-corrected chi connectivity index (χ2v) is 3.63. The Morgan fingerprint density at radius 1 is 1.07 bits per heavy atom. The second-order valence-electron chi connectivity index (χ2n) is 3.63. The van der Waals surface area contributed by atoms with Gasteiger partial charge in [0.05, 0.1) is 11.8 Å². The molecule has 1 aliphatic carbocycles. The largest absolute Gasteiger partial charge is 0.481 e. The van der Waals surface area contributed by atoms with E-state index in [1.165, 1.54) is 0 Å². The molecule has 3 atom stereocenters. The summed E-state index contributed by atoms with van der Waals surface area (Å²) in [5, 5.41) is 17.6. The van der Waals surface area contributed by atoms with Gasteiger partial charge in [-0.05, 0) is 19.3 Å². The van der Waals surface area contributed by atoms with Crippen LogP contribution in [-0.2, 0) is 19.1 Å². The van der Waals surface area contributed by atoms with E-state index in [1.54, 1.807) is 0 Å². The van der Waals surface area contributed by atoms with Crippen LogP contribution in [0, 0.1) is 11.8 Å². The minimum absolute atomic E-state index is 0.101. The summed E-state index contributed by atoms with van der Waals surface area (Å²) in [5.74, 6) is -3.57. The van der Waals surface area contributed by atoms with Gasteiger partial charge in [0.25, 0.3) is 6.47 Å². The quantitative estimate of drug-likeness (QED) is 0.647. The lowest BCUT2D eigenvalue weighted by atomic mass is 9.80. The molecule has 1 aliphatic rings. The number of carbonyl (C=O) groups is 3. The molecule has 1 saturated carbocycles. The summed E-state index contributed by atoms with van der Waals surface area (Å²) in [6, 6.07) is 0. The van der Waals surface area contributed by atoms with Crippen LogP contribution in [0.25, 0.3) is 0 Å². The highest BCUT2D eigenvalue weighted by molar-refractivity contribution is 5.74. The summed E-state index contributed by atoms with van der Waals surface area (Å²) >= 11 is 0. The number of rotatable bonds is 4. The molecule has 0 radical (unpaired) electrons. The van der Waals surface area contributed by atoms with Gasteiger partial charge < -0.3 is 14.9 Å². The molecule has 0 unspecified atom stereocenters. The zero-order chi connectivity index (χ0) is 11.4. The lowest BCUT2D eigenvalue weighted by Gasteiger charge is -2.29. The van der Waals surface area contributed by atoms with E-state index < -0.39 is 29.9 Å². The molecule has 6 heteroatoms. The maximum Gasteiger partial charge on any atom is 0.306 e. The minimum Gasteiger partial charge on any atom is -0.481 e. The Hall–Kier alpha value is -1.59. The van der Waals surface area contributed by atoms with Crippen molar-refractivity contribution in [2.75, 3.05) is 0 Å². The smallest absolute Gasteiger partial charge is 0.306 e. The molecule has 0 aliphatic heterocycles. The Labute approximate surface area is 85.8 Å². The van der Waals surface area contributed by atoms with Crippen molar-refractivity contribution in [3.05, 3.63) is 0 Å². The van der Waals surface area contributed by atoms with Crippen molar-refractivity contribution >= 4 is 18.4 Å². The molecule has 6 nitrogen and oxygen atoms in total. The Kier molecular flexibility index (Phi) is 3.65. The fraction of sp³-hybridized carbons (Fsp3) is 0.667. The predicted octanol–water partition coefficient (Wildman–Crippen LogP) is 0.113. The first-order valence-electron chi connectivity index (χ1n) is 4.59. The number of ether oxygens (including phenoxy) is 1. The molecule has 0 spiro atoms. The molecule has 0 aromatic rings. The zero-order valence-corrected chi connectivity index (χ0v) is 7.96. The first-order chi connectivity index (χ1) is 7.04. The monoisotopic (exact) mass is 216 g/mol. The van der Waals surface area contributed by atoms with E-state index in [0.717, 1.165) is 0 Å². The highest BCUT2D eigenvalue weighted by atomic mass is 16.5. The Morgan fingerprint density at radius 2 is 1.53 bits per heavy atom. The predicted molar refractivity (Wildman–Crippen MR) is 47.0 cm³/mol. The fourth-order valence-electron chi connectivity index (χ4n) is 1.86. The summed E-state index contributed by atoms with van der Waals surface area (Å²) < 4.78 is 4.64. The van der Waals surface area contributed by atoms with Crippen LogP contribution in [0.1, 0.15) is 19.3 Å². The van der Waals surface area contributed by atoms with Gasteiger partial charge in [-0.3, -0.25) is 14.4 Å². The fourth-order valence-corrected chi connectivity index (χ4v) is 1.86. The van der Waals surface area contributed by atoms with E-state index in [-0.39, 0.29) is 25.7 Å². The van der Waals surface area contributed by atoms with Gasteiger partial charge in [-0.1, -0.05) is 0 Å². The molecule has 15 heavy (non-hydrogen) atoms. The zero-order valence-electron chi connectivity index (χ0n) is 7.96. The van der Waals surface area contributed by atoms with E-state index in [0.29, 0.717) is 0 Å². The van der Waals surface area contributed by atoms with E-state index in [1.807, 2.05) is 0 Å². The summed E-state index contributed by atoms with van der Waals surface area (Å²) in [6.45, 7) is 0.230. The van der Waals surface area contributed by atoms with Crippen LogP contribution in [0.5, 0.6) is 0 Å². The van der Waals surface area contributed by atoms with Gasteiger partial charge in [0.15, 0.2) is 0 Å². The van der Waals surface area contributed by atoms with Gasteiger partial charge in [0.1, 0.15) is 6.10 Å². The number of aliphatic carboxylic acids is 2. The molecule has 84 valence electrons. The van der Waals surface area contributed by atoms with Crippen LogP contribution in [0.4, 0.5) is 0 Å². The topological polar surface area (TPSA) is 101 Å². The third kappa shape index (κ3) is 2.93. The van der Waals surface area contributed by atoms with Crippen molar-refractivity contribution in [2.45, 2.75) is 25.4 Å². The minimum atomic E-state index is -1.04.